The Hall–Kier alpha value is -3.37. The largest absolute Gasteiger partial charge is 0.399 e. The molecule has 0 amide bonds. The van der Waals surface area contributed by atoms with Crippen LogP contribution in [-0.4, -0.2) is 36.1 Å². The summed E-state index contributed by atoms with van der Waals surface area (Å²) in [5.74, 6) is 1.43. The molecule has 1 aliphatic rings. The molecule has 1 atom stereocenters. The van der Waals surface area contributed by atoms with Crippen LogP contribution in [0.25, 0.3) is 10.9 Å². The fraction of sp³-hybridized carbons (Fsp3) is 0.286. The monoisotopic (exact) mass is 373 g/mol. The van der Waals surface area contributed by atoms with Gasteiger partial charge in [0.05, 0.1) is 17.1 Å². The van der Waals surface area contributed by atoms with Crippen LogP contribution in [-0.2, 0) is 0 Å². The molecule has 0 aliphatic carbocycles. The number of nitriles is 1. The summed E-state index contributed by atoms with van der Waals surface area (Å²) in [7, 11) is 2.00. The molecule has 0 unspecified atom stereocenters. The van der Waals surface area contributed by atoms with E-state index in [9.17, 15) is 5.26 Å². The van der Waals surface area contributed by atoms with E-state index in [0.717, 1.165) is 41.8 Å². The first-order chi connectivity index (χ1) is 13.6. The molecule has 0 radical (unpaired) electrons. The van der Waals surface area contributed by atoms with Crippen molar-refractivity contribution < 1.29 is 0 Å². The Morgan fingerprint density at radius 1 is 1.25 bits per heavy atom. The third kappa shape index (κ3) is 3.42. The number of aromatic nitrogens is 2. The topological polar surface area (TPSA) is 103 Å². The SMILES string of the molecule is CN[C@H]1CCN(c2nc(Nc3cc(N)cc(C#N)c3)nc3cccc(C)c23)C1. The molecule has 28 heavy (non-hydrogen) atoms. The van der Waals surface area contributed by atoms with Crippen molar-refractivity contribution >= 4 is 34.0 Å². The lowest BCUT2D eigenvalue weighted by atomic mass is 10.1. The third-order valence-corrected chi connectivity index (χ3v) is 5.15. The van der Waals surface area contributed by atoms with Crippen molar-refractivity contribution in [1.82, 2.24) is 15.3 Å². The molecule has 1 saturated heterocycles. The van der Waals surface area contributed by atoms with Gasteiger partial charge in [-0.05, 0) is 50.2 Å². The maximum atomic E-state index is 9.18. The summed E-state index contributed by atoms with van der Waals surface area (Å²) in [6.07, 6.45) is 1.08. The highest BCUT2D eigenvalue weighted by molar-refractivity contribution is 5.93. The Labute approximate surface area is 164 Å². The van der Waals surface area contributed by atoms with Gasteiger partial charge >= 0.3 is 0 Å². The van der Waals surface area contributed by atoms with Crippen molar-refractivity contribution in [1.29, 1.82) is 5.26 Å². The van der Waals surface area contributed by atoms with Gasteiger partial charge in [0.1, 0.15) is 5.82 Å². The van der Waals surface area contributed by atoms with Gasteiger partial charge in [-0.1, -0.05) is 12.1 Å². The predicted molar refractivity (Wildman–Crippen MR) is 113 cm³/mol. The third-order valence-electron chi connectivity index (χ3n) is 5.15. The van der Waals surface area contributed by atoms with Gasteiger partial charge in [0, 0.05) is 35.9 Å². The lowest BCUT2D eigenvalue weighted by molar-refractivity contribution is 0.616. The Balaban J connectivity index is 1.78. The van der Waals surface area contributed by atoms with Crippen LogP contribution < -0.4 is 21.3 Å². The molecule has 0 spiro atoms. The molecule has 142 valence electrons. The number of nitrogen functional groups attached to an aromatic ring is 1. The first-order valence-electron chi connectivity index (χ1n) is 9.34. The van der Waals surface area contributed by atoms with Crippen LogP contribution in [0.5, 0.6) is 0 Å². The zero-order valence-electron chi connectivity index (χ0n) is 16.0. The summed E-state index contributed by atoms with van der Waals surface area (Å²) >= 11 is 0. The lowest BCUT2D eigenvalue weighted by Gasteiger charge is -2.21. The summed E-state index contributed by atoms with van der Waals surface area (Å²) in [6.45, 7) is 3.94. The van der Waals surface area contributed by atoms with E-state index >= 15 is 0 Å². The number of rotatable bonds is 4. The van der Waals surface area contributed by atoms with Crippen molar-refractivity contribution in [2.45, 2.75) is 19.4 Å². The number of nitrogens with zero attached hydrogens (tertiary/aromatic N) is 4. The number of fused-ring (bicyclic) bond motifs is 1. The minimum absolute atomic E-state index is 0.456. The van der Waals surface area contributed by atoms with E-state index in [1.807, 2.05) is 19.2 Å². The second kappa shape index (κ2) is 7.33. The van der Waals surface area contributed by atoms with Crippen molar-refractivity contribution in [3.05, 3.63) is 47.5 Å². The zero-order valence-corrected chi connectivity index (χ0v) is 16.0. The highest BCUT2D eigenvalue weighted by Gasteiger charge is 2.25. The van der Waals surface area contributed by atoms with Crippen LogP contribution in [0.3, 0.4) is 0 Å². The zero-order chi connectivity index (χ0) is 19.7. The van der Waals surface area contributed by atoms with Crippen LogP contribution in [0.15, 0.2) is 36.4 Å². The van der Waals surface area contributed by atoms with Crippen LogP contribution >= 0.6 is 0 Å². The van der Waals surface area contributed by atoms with Crippen molar-refractivity contribution in [2.75, 3.05) is 36.1 Å². The minimum Gasteiger partial charge on any atom is -0.399 e. The maximum Gasteiger partial charge on any atom is 0.229 e. The molecular formula is C21H23N7. The average molecular weight is 373 g/mol. The van der Waals surface area contributed by atoms with E-state index < -0.39 is 0 Å². The second-order valence-electron chi connectivity index (χ2n) is 7.14. The van der Waals surface area contributed by atoms with E-state index in [-0.39, 0.29) is 0 Å². The average Bonchev–Trinajstić information content (AvgIpc) is 3.16. The van der Waals surface area contributed by atoms with Crippen LogP contribution in [0.4, 0.5) is 23.1 Å². The van der Waals surface area contributed by atoms with Gasteiger partial charge in [0.15, 0.2) is 0 Å². The van der Waals surface area contributed by atoms with Crippen LogP contribution in [0.1, 0.15) is 17.5 Å². The van der Waals surface area contributed by atoms with E-state index in [0.29, 0.717) is 28.9 Å². The standard InChI is InChI=1S/C21H23N7/c1-13-4-3-5-18-19(13)20(28-7-6-16(12-28)24-2)27-21(26-18)25-17-9-14(11-22)8-15(23)10-17/h3-5,8-10,16,24H,6-7,12,23H2,1-2H3,(H,25,26,27)/t16-/m0/s1. The highest BCUT2D eigenvalue weighted by Crippen LogP contribution is 2.31. The molecule has 1 aliphatic heterocycles. The van der Waals surface area contributed by atoms with Gasteiger partial charge < -0.3 is 21.3 Å². The number of hydrogen-bond acceptors (Lipinski definition) is 7. The van der Waals surface area contributed by atoms with E-state index in [4.69, 9.17) is 15.7 Å². The molecule has 0 saturated carbocycles. The first kappa shape index (κ1) is 18.0. The smallest absolute Gasteiger partial charge is 0.229 e. The summed E-state index contributed by atoms with van der Waals surface area (Å²) in [5, 5.41) is 16.8. The van der Waals surface area contributed by atoms with Gasteiger partial charge in [-0.2, -0.15) is 10.2 Å². The normalized spacial score (nSPS) is 16.3. The van der Waals surface area contributed by atoms with Gasteiger partial charge in [0.25, 0.3) is 0 Å². The summed E-state index contributed by atoms with van der Waals surface area (Å²) in [5.41, 5.74) is 9.68. The molecule has 0 bridgehead atoms. The Morgan fingerprint density at radius 3 is 2.86 bits per heavy atom. The first-order valence-corrected chi connectivity index (χ1v) is 9.34. The second-order valence-corrected chi connectivity index (χ2v) is 7.14. The summed E-state index contributed by atoms with van der Waals surface area (Å²) < 4.78 is 0. The lowest BCUT2D eigenvalue weighted by Crippen LogP contribution is -2.30. The van der Waals surface area contributed by atoms with Crippen molar-refractivity contribution in [3.8, 4) is 6.07 Å². The molecule has 2 aromatic carbocycles. The Morgan fingerprint density at radius 2 is 2.11 bits per heavy atom. The Kier molecular flexibility index (Phi) is 4.72. The van der Waals surface area contributed by atoms with E-state index in [1.165, 1.54) is 0 Å². The number of nitrogens with two attached hydrogens (primary N) is 1. The fourth-order valence-electron chi connectivity index (χ4n) is 3.72. The van der Waals surface area contributed by atoms with Crippen LogP contribution in [0, 0.1) is 18.3 Å². The number of aryl methyl sites for hydroxylation is 1. The van der Waals surface area contributed by atoms with Gasteiger partial charge in [-0.25, -0.2) is 4.98 Å². The van der Waals surface area contributed by atoms with Gasteiger partial charge in [-0.15, -0.1) is 0 Å². The molecule has 4 rings (SSSR count). The van der Waals surface area contributed by atoms with Gasteiger partial charge in [-0.3, -0.25) is 0 Å². The number of hydrogen-bond donors (Lipinski definition) is 3. The highest BCUT2D eigenvalue weighted by atomic mass is 15.3. The summed E-state index contributed by atoms with van der Waals surface area (Å²) in [6, 6.07) is 13.8. The number of likely N-dealkylation sites (N-methyl/N-ethyl adjacent to an activating group) is 1. The molecule has 7 nitrogen and oxygen atoms in total. The minimum atomic E-state index is 0.456. The molecule has 3 aromatic rings. The maximum absolute atomic E-state index is 9.18. The van der Waals surface area contributed by atoms with Gasteiger partial charge in [0.2, 0.25) is 5.95 Å². The predicted octanol–water partition coefficient (Wildman–Crippen LogP) is 2.93. The van der Waals surface area contributed by atoms with E-state index in [1.54, 1.807) is 18.2 Å². The fourth-order valence-corrected chi connectivity index (χ4v) is 3.72. The molecule has 1 aromatic heterocycles. The molecule has 2 heterocycles. The molecular weight excluding hydrogens is 350 g/mol. The summed E-state index contributed by atoms with van der Waals surface area (Å²) in [4.78, 5) is 11.9. The quantitative estimate of drug-likeness (QED) is 0.604. The van der Waals surface area contributed by atoms with Crippen molar-refractivity contribution in [3.63, 3.8) is 0 Å². The number of benzene rings is 2. The number of anilines is 4. The molecule has 1 fully saturated rings. The molecule has 7 heteroatoms. The molecule has 4 N–H and O–H groups in total. The Bertz CT molecular complexity index is 1070. The van der Waals surface area contributed by atoms with Crippen LogP contribution in [0.2, 0.25) is 0 Å². The van der Waals surface area contributed by atoms with E-state index in [2.05, 4.69) is 34.6 Å². The van der Waals surface area contributed by atoms with Crippen molar-refractivity contribution in [2.24, 2.45) is 0 Å². The number of nitrogens with one attached hydrogen (secondary N) is 2.